The molecule has 16 heteroatoms. The van der Waals surface area contributed by atoms with Gasteiger partial charge in [-0.2, -0.15) is 0 Å². The molecule has 0 unspecified atom stereocenters. The van der Waals surface area contributed by atoms with Crippen molar-refractivity contribution in [2.24, 2.45) is 0 Å². The molecule has 3 saturated heterocycles. The van der Waals surface area contributed by atoms with Crippen molar-refractivity contribution in [1.29, 1.82) is 0 Å². The summed E-state index contributed by atoms with van der Waals surface area (Å²) >= 11 is 14.5. The molecule has 3 aliphatic heterocycles. The SMILES string of the molecule is CC1(C)OB(B2OC(C)(C)C(C)(C)O2)OC1(C)C.CC1(C)OB(c2cnc(Cl)c(N)c2)OC1(C)C.Nc1cc(Br)cnc1Cl. The van der Waals surface area contributed by atoms with Crippen LogP contribution in [0.2, 0.25) is 10.3 Å². The molecule has 0 radical (unpaired) electrons. The third-order valence-electron chi connectivity index (χ3n) is 9.01. The second-order valence-electron chi connectivity index (χ2n) is 14.0. The molecule has 2 aromatic heterocycles. The van der Waals surface area contributed by atoms with E-state index in [1.807, 2.05) is 83.1 Å². The fourth-order valence-corrected chi connectivity index (χ4v) is 4.58. The molecule has 3 aliphatic rings. The Kier molecular flexibility index (Phi) is 10.9. The topological polar surface area (TPSA) is 133 Å². The average Bonchev–Trinajstić information content (AvgIpc) is 3.33. The van der Waals surface area contributed by atoms with Crippen LogP contribution in [0, 0.1) is 0 Å². The molecule has 5 heterocycles. The van der Waals surface area contributed by atoms with Crippen LogP contribution < -0.4 is 16.9 Å². The van der Waals surface area contributed by atoms with Gasteiger partial charge in [0.1, 0.15) is 0 Å². The summed E-state index contributed by atoms with van der Waals surface area (Å²) < 4.78 is 36.5. The van der Waals surface area contributed by atoms with Crippen LogP contribution in [0.3, 0.4) is 0 Å². The Balaban J connectivity index is 0.000000190. The second-order valence-corrected chi connectivity index (χ2v) is 15.7. The molecule has 0 spiro atoms. The molecule has 3 fully saturated rings. The standard InChI is InChI=1S/C12H24B2O4.C11H16BClN2O2.C5H4BrClN2/c1-9(2)10(3,4)16-13(15-9)14-17-11(5,6)12(7,8)18-14;1-10(2)11(3,4)17-12(16-10)7-5-8(14)9(13)15-6-7;6-3-1-4(8)5(7)9-2-3/h1-8H3;5-6H,14H2,1-4H3;1-2H,8H2. The highest BCUT2D eigenvalue weighted by Crippen LogP contribution is 2.43. The Labute approximate surface area is 281 Å². The lowest BCUT2D eigenvalue weighted by molar-refractivity contribution is 0.00578. The summed E-state index contributed by atoms with van der Waals surface area (Å²) in [6.45, 7) is 24.2. The van der Waals surface area contributed by atoms with Gasteiger partial charge in [0.15, 0.2) is 10.3 Å². The number of nitrogen functional groups attached to an aromatic ring is 2. The van der Waals surface area contributed by atoms with Crippen molar-refractivity contribution in [2.45, 2.75) is 117 Å². The normalized spacial score (nSPS) is 23.5. The minimum Gasteiger partial charge on any atom is -0.405 e. The van der Waals surface area contributed by atoms with Gasteiger partial charge in [-0.05, 0) is 111 Å². The first-order valence-corrected chi connectivity index (χ1v) is 15.9. The van der Waals surface area contributed by atoms with Gasteiger partial charge in [0, 0.05) is 22.3 Å². The van der Waals surface area contributed by atoms with E-state index in [9.17, 15) is 0 Å². The molecule has 44 heavy (non-hydrogen) atoms. The van der Waals surface area contributed by atoms with Crippen molar-refractivity contribution in [1.82, 2.24) is 9.97 Å². The van der Waals surface area contributed by atoms with E-state index >= 15 is 0 Å². The van der Waals surface area contributed by atoms with E-state index in [0.717, 1.165) is 9.94 Å². The predicted molar refractivity (Wildman–Crippen MR) is 183 cm³/mol. The molecule has 4 N–H and O–H groups in total. The van der Waals surface area contributed by atoms with Crippen molar-refractivity contribution in [3.63, 3.8) is 0 Å². The van der Waals surface area contributed by atoms with Crippen LogP contribution in [0.25, 0.3) is 0 Å². The fourth-order valence-electron chi connectivity index (χ4n) is 4.03. The number of nitrogens with two attached hydrogens (primary N) is 2. The maximum absolute atomic E-state index is 5.96. The lowest BCUT2D eigenvalue weighted by Gasteiger charge is -2.32. The summed E-state index contributed by atoms with van der Waals surface area (Å²) in [5, 5.41) is 0.642. The zero-order valence-electron chi connectivity index (χ0n) is 27.7. The van der Waals surface area contributed by atoms with E-state index in [1.165, 1.54) is 0 Å². The lowest BCUT2D eigenvalue weighted by atomic mass is 9.49. The Bertz CT molecular complexity index is 1270. The number of aromatic nitrogens is 2. The first-order chi connectivity index (χ1) is 19.8. The molecule has 0 amide bonds. The van der Waals surface area contributed by atoms with Crippen LogP contribution in [0.4, 0.5) is 11.4 Å². The van der Waals surface area contributed by atoms with E-state index in [0.29, 0.717) is 21.7 Å². The highest BCUT2D eigenvalue weighted by Gasteiger charge is 2.63. The van der Waals surface area contributed by atoms with Crippen LogP contribution >= 0.6 is 39.1 Å². The molecule has 0 saturated carbocycles. The molecule has 0 atom stereocenters. The molecular formula is C28H44B3BrCl2N4O6. The minimum atomic E-state index is -0.476. The highest BCUT2D eigenvalue weighted by atomic mass is 79.9. The summed E-state index contributed by atoms with van der Waals surface area (Å²) in [7, 11) is -1.40. The summed E-state index contributed by atoms with van der Waals surface area (Å²) in [5.74, 6) is 0. The van der Waals surface area contributed by atoms with Crippen LogP contribution in [-0.2, 0) is 27.9 Å². The van der Waals surface area contributed by atoms with Gasteiger partial charge >= 0.3 is 21.1 Å². The number of pyridine rings is 2. The molecule has 0 aliphatic carbocycles. The maximum atomic E-state index is 5.96. The Hall–Kier alpha value is -1.09. The number of hydrogen-bond acceptors (Lipinski definition) is 10. The third kappa shape index (κ3) is 8.06. The van der Waals surface area contributed by atoms with Crippen LogP contribution in [-0.4, -0.2) is 64.7 Å². The Morgan fingerprint density at radius 1 is 0.568 bits per heavy atom. The Morgan fingerprint density at radius 3 is 1.20 bits per heavy atom. The smallest absolute Gasteiger partial charge is 0.405 e. The summed E-state index contributed by atoms with van der Waals surface area (Å²) in [6.07, 6.45) is 3.22. The zero-order valence-corrected chi connectivity index (χ0v) is 30.8. The summed E-state index contributed by atoms with van der Waals surface area (Å²) in [5.41, 5.74) is 10.6. The molecule has 10 nitrogen and oxygen atoms in total. The van der Waals surface area contributed by atoms with Crippen LogP contribution in [0.1, 0.15) is 83.1 Å². The molecule has 0 aromatic carbocycles. The number of nitrogens with zero attached hydrogens (tertiary/aromatic N) is 2. The summed E-state index contributed by atoms with van der Waals surface area (Å²) in [4.78, 5) is 7.77. The van der Waals surface area contributed by atoms with E-state index in [1.54, 1.807) is 24.5 Å². The number of anilines is 2. The van der Waals surface area contributed by atoms with Crippen LogP contribution in [0.15, 0.2) is 29.0 Å². The second kappa shape index (κ2) is 12.8. The monoisotopic (exact) mass is 714 g/mol. The van der Waals surface area contributed by atoms with Gasteiger partial charge in [0.25, 0.3) is 0 Å². The van der Waals surface area contributed by atoms with Crippen molar-refractivity contribution in [2.75, 3.05) is 11.5 Å². The number of halogens is 3. The molecule has 2 aromatic rings. The lowest BCUT2D eigenvalue weighted by Crippen LogP contribution is -2.41. The first-order valence-electron chi connectivity index (χ1n) is 14.4. The number of rotatable bonds is 2. The highest BCUT2D eigenvalue weighted by molar-refractivity contribution is 9.10. The van der Waals surface area contributed by atoms with Crippen molar-refractivity contribution in [3.8, 4) is 0 Å². The molecule has 242 valence electrons. The predicted octanol–water partition coefficient (Wildman–Crippen LogP) is 5.95. The maximum Gasteiger partial charge on any atom is 0.496 e. The van der Waals surface area contributed by atoms with Gasteiger partial charge in [0.05, 0.1) is 45.0 Å². The Morgan fingerprint density at radius 2 is 0.886 bits per heavy atom. The van der Waals surface area contributed by atoms with Crippen molar-refractivity contribution < 1.29 is 27.9 Å². The van der Waals surface area contributed by atoms with Crippen molar-refractivity contribution >= 4 is 77.1 Å². The largest absolute Gasteiger partial charge is 0.496 e. The molecule has 5 rings (SSSR count). The van der Waals surface area contributed by atoms with Gasteiger partial charge < -0.3 is 39.4 Å². The summed E-state index contributed by atoms with van der Waals surface area (Å²) in [6, 6.07) is 3.44. The van der Waals surface area contributed by atoms with E-state index in [4.69, 9.17) is 62.6 Å². The van der Waals surface area contributed by atoms with Crippen molar-refractivity contribution in [3.05, 3.63) is 39.3 Å². The van der Waals surface area contributed by atoms with Gasteiger partial charge in [-0.25, -0.2) is 9.97 Å². The van der Waals surface area contributed by atoms with Crippen LogP contribution in [0.5, 0.6) is 0 Å². The van der Waals surface area contributed by atoms with E-state index < -0.39 is 21.1 Å². The van der Waals surface area contributed by atoms with E-state index in [-0.39, 0.29) is 33.6 Å². The average molecular weight is 716 g/mol. The first kappa shape index (κ1) is 37.4. The van der Waals surface area contributed by atoms with Gasteiger partial charge in [-0.15, -0.1) is 0 Å². The quantitative estimate of drug-likeness (QED) is 0.284. The van der Waals surface area contributed by atoms with Gasteiger partial charge in [-0.1, -0.05) is 23.2 Å². The molecule has 0 bridgehead atoms. The van der Waals surface area contributed by atoms with Gasteiger partial charge in [-0.3, -0.25) is 0 Å². The number of hydrogen-bond donors (Lipinski definition) is 2. The van der Waals surface area contributed by atoms with Gasteiger partial charge in [0.2, 0.25) is 0 Å². The van der Waals surface area contributed by atoms with E-state index in [2.05, 4.69) is 25.9 Å². The zero-order chi connectivity index (χ0) is 33.7. The fraction of sp³-hybridized carbons (Fsp3) is 0.643. The molecular weight excluding hydrogens is 672 g/mol. The third-order valence-corrected chi connectivity index (χ3v) is 10.1. The minimum absolute atomic E-state index is 0.297.